The monoisotopic (exact) mass is 383 g/mol. The number of halogens is 2. The number of benzene rings is 2. The number of rotatable bonds is 6. The summed E-state index contributed by atoms with van der Waals surface area (Å²) in [4.78, 5) is 15.9. The number of carbonyl (C=O) groups is 1. The van der Waals surface area contributed by atoms with Crippen LogP contribution in [-0.4, -0.2) is 17.1 Å². The molecule has 1 heterocycles. The Morgan fingerprint density at radius 2 is 1.93 bits per heavy atom. The second-order valence-corrected chi connectivity index (χ2v) is 5.82. The summed E-state index contributed by atoms with van der Waals surface area (Å²) in [5.74, 6) is -0.295. The number of hydrogen-bond acceptors (Lipinski definition) is 4. The molecule has 0 fully saturated rings. The smallest absolute Gasteiger partial charge is 0.274 e. The van der Waals surface area contributed by atoms with Crippen molar-refractivity contribution in [2.75, 3.05) is 0 Å². The number of pyridine rings is 1. The Morgan fingerprint density at radius 1 is 1.15 bits per heavy atom. The summed E-state index contributed by atoms with van der Waals surface area (Å²) in [6, 6.07) is 16.7. The van der Waals surface area contributed by atoms with Crippen LogP contribution in [0.4, 0.5) is 4.39 Å². The van der Waals surface area contributed by atoms with Gasteiger partial charge in [-0.2, -0.15) is 5.10 Å². The van der Waals surface area contributed by atoms with Crippen LogP contribution in [-0.2, 0) is 6.61 Å². The van der Waals surface area contributed by atoms with Gasteiger partial charge in [-0.15, -0.1) is 0 Å². The molecule has 0 aliphatic carbocycles. The van der Waals surface area contributed by atoms with E-state index in [-0.39, 0.29) is 23.1 Å². The van der Waals surface area contributed by atoms with E-state index in [0.717, 1.165) is 0 Å². The van der Waals surface area contributed by atoms with Crippen molar-refractivity contribution in [3.05, 3.63) is 94.5 Å². The Bertz CT molecular complexity index is 979. The van der Waals surface area contributed by atoms with Gasteiger partial charge in [0.25, 0.3) is 5.91 Å². The molecule has 0 aliphatic rings. The molecule has 3 aromatic rings. The standard InChI is InChI=1S/C20H15ClFN3O2/c21-19-16(8-5-11-23-19)20(26)25-24-12-14-6-2-4-10-18(14)27-13-15-7-1-3-9-17(15)22/h1-12H,13H2,(H,25,26). The minimum absolute atomic E-state index is 0.0786. The highest BCUT2D eigenvalue weighted by Crippen LogP contribution is 2.18. The normalized spacial score (nSPS) is 10.7. The lowest BCUT2D eigenvalue weighted by Crippen LogP contribution is -2.18. The van der Waals surface area contributed by atoms with Crippen LogP contribution in [0.3, 0.4) is 0 Å². The largest absolute Gasteiger partial charge is 0.488 e. The van der Waals surface area contributed by atoms with Crippen molar-refractivity contribution in [3.63, 3.8) is 0 Å². The molecule has 3 rings (SSSR count). The van der Waals surface area contributed by atoms with Crippen molar-refractivity contribution in [1.82, 2.24) is 10.4 Å². The summed E-state index contributed by atoms with van der Waals surface area (Å²) < 4.78 is 19.4. The third-order valence-electron chi connectivity index (χ3n) is 3.63. The summed E-state index contributed by atoms with van der Waals surface area (Å²) in [6.07, 6.45) is 2.93. The minimum Gasteiger partial charge on any atom is -0.488 e. The summed E-state index contributed by atoms with van der Waals surface area (Å²) in [5, 5.41) is 4.02. The number of nitrogens with zero attached hydrogens (tertiary/aromatic N) is 2. The number of nitrogens with one attached hydrogen (secondary N) is 1. The van der Waals surface area contributed by atoms with Gasteiger partial charge in [-0.05, 0) is 30.3 Å². The van der Waals surface area contributed by atoms with Crippen molar-refractivity contribution in [3.8, 4) is 5.75 Å². The van der Waals surface area contributed by atoms with Gasteiger partial charge in [-0.25, -0.2) is 14.8 Å². The van der Waals surface area contributed by atoms with Gasteiger partial charge in [-0.1, -0.05) is 41.9 Å². The van der Waals surface area contributed by atoms with Crippen LogP contribution in [0.1, 0.15) is 21.5 Å². The summed E-state index contributed by atoms with van der Waals surface area (Å²) in [6.45, 7) is 0.0786. The van der Waals surface area contributed by atoms with E-state index >= 15 is 0 Å². The molecule has 0 saturated heterocycles. The van der Waals surface area contributed by atoms with E-state index in [4.69, 9.17) is 16.3 Å². The number of hydrogen-bond donors (Lipinski definition) is 1. The van der Waals surface area contributed by atoms with E-state index in [1.807, 2.05) is 0 Å². The predicted molar refractivity (Wildman–Crippen MR) is 101 cm³/mol. The maximum atomic E-state index is 13.7. The third kappa shape index (κ3) is 4.89. The van der Waals surface area contributed by atoms with Crippen LogP contribution in [0.2, 0.25) is 5.15 Å². The molecule has 0 bridgehead atoms. The number of hydrazone groups is 1. The minimum atomic E-state index is -0.478. The van der Waals surface area contributed by atoms with E-state index in [9.17, 15) is 9.18 Å². The zero-order chi connectivity index (χ0) is 19.1. The number of ether oxygens (including phenoxy) is 1. The molecule has 0 aliphatic heterocycles. The highest BCUT2D eigenvalue weighted by Gasteiger charge is 2.09. The average Bonchev–Trinajstić information content (AvgIpc) is 2.68. The van der Waals surface area contributed by atoms with Gasteiger partial charge in [0, 0.05) is 17.3 Å². The van der Waals surface area contributed by atoms with E-state index in [2.05, 4.69) is 15.5 Å². The maximum absolute atomic E-state index is 13.7. The number of para-hydroxylation sites is 1. The highest BCUT2D eigenvalue weighted by atomic mass is 35.5. The van der Waals surface area contributed by atoms with Crippen molar-refractivity contribution < 1.29 is 13.9 Å². The zero-order valence-corrected chi connectivity index (χ0v) is 14.9. The Labute approximate surface area is 160 Å². The maximum Gasteiger partial charge on any atom is 0.274 e. The fourth-order valence-electron chi connectivity index (χ4n) is 2.27. The third-order valence-corrected chi connectivity index (χ3v) is 3.93. The van der Waals surface area contributed by atoms with Gasteiger partial charge in [0.2, 0.25) is 0 Å². The first-order chi connectivity index (χ1) is 13.1. The predicted octanol–water partition coefficient (Wildman–Crippen LogP) is 4.22. The first-order valence-corrected chi connectivity index (χ1v) is 8.42. The Kier molecular flexibility index (Phi) is 6.12. The molecule has 7 heteroatoms. The Morgan fingerprint density at radius 3 is 2.74 bits per heavy atom. The lowest BCUT2D eigenvalue weighted by atomic mass is 10.2. The highest BCUT2D eigenvalue weighted by molar-refractivity contribution is 6.32. The molecule has 136 valence electrons. The number of carbonyl (C=O) groups excluding carboxylic acids is 1. The molecule has 2 aromatic carbocycles. The summed E-state index contributed by atoms with van der Waals surface area (Å²) in [5.41, 5.74) is 3.69. The first-order valence-electron chi connectivity index (χ1n) is 8.04. The van der Waals surface area contributed by atoms with Crippen LogP contribution in [0.25, 0.3) is 0 Å². The molecule has 27 heavy (non-hydrogen) atoms. The fourth-order valence-corrected chi connectivity index (χ4v) is 2.47. The summed E-state index contributed by atoms with van der Waals surface area (Å²) >= 11 is 5.88. The summed E-state index contributed by atoms with van der Waals surface area (Å²) in [7, 11) is 0. The number of aromatic nitrogens is 1. The van der Waals surface area contributed by atoms with Crippen LogP contribution in [0.5, 0.6) is 5.75 Å². The van der Waals surface area contributed by atoms with E-state index < -0.39 is 5.91 Å². The Hall–Kier alpha value is -3.25. The van der Waals surface area contributed by atoms with Gasteiger partial charge in [0.15, 0.2) is 0 Å². The van der Waals surface area contributed by atoms with Crippen LogP contribution >= 0.6 is 11.6 Å². The lowest BCUT2D eigenvalue weighted by molar-refractivity contribution is 0.0955. The Balaban J connectivity index is 1.67. The van der Waals surface area contributed by atoms with Crippen molar-refractivity contribution in [2.45, 2.75) is 6.61 Å². The second kappa shape index (κ2) is 8.91. The van der Waals surface area contributed by atoms with Gasteiger partial charge < -0.3 is 4.74 Å². The van der Waals surface area contributed by atoms with Gasteiger partial charge >= 0.3 is 0 Å². The molecule has 1 amide bonds. The molecule has 0 spiro atoms. The molecule has 1 aromatic heterocycles. The SMILES string of the molecule is O=C(NN=Cc1ccccc1OCc1ccccc1F)c1cccnc1Cl. The van der Waals surface area contributed by atoms with Crippen LogP contribution in [0.15, 0.2) is 72.0 Å². The van der Waals surface area contributed by atoms with Crippen molar-refractivity contribution >= 4 is 23.7 Å². The average molecular weight is 384 g/mol. The lowest BCUT2D eigenvalue weighted by Gasteiger charge is -2.09. The molecular weight excluding hydrogens is 369 g/mol. The van der Waals surface area contributed by atoms with E-state index in [1.54, 1.807) is 54.6 Å². The number of amides is 1. The molecule has 5 nitrogen and oxygen atoms in total. The van der Waals surface area contributed by atoms with Gasteiger partial charge in [0.1, 0.15) is 23.3 Å². The molecular formula is C20H15ClFN3O2. The van der Waals surface area contributed by atoms with Crippen molar-refractivity contribution in [1.29, 1.82) is 0 Å². The van der Waals surface area contributed by atoms with Crippen LogP contribution in [0, 0.1) is 5.82 Å². The zero-order valence-electron chi connectivity index (χ0n) is 14.1. The van der Waals surface area contributed by atoms with E-state index in [0.29, 0.717) is 16.9 Å². The molecule has 0 unspecified atom stereocenters. The van der Waals surface area contributed by atoms with Crippen molar-refractivity contribution in [2.24, 2.45) is 5.10 Å². The van der Waals surface area contributed by atoms with E-state index in [1.165, 1.54) is 18.5 Å². The molecule has 0 radical (unpaired) electrons. The second-order valence-electron chi connectivity index (χ2n) is 5.46. The van der Waals surface area contributed by atoms with Gasteiger partial charge in [-0.3, -0.25) is 4.79 Å². The topological polar surface area (TPSA) is 63.6 Å². The quantitative estimate of drug-likeness (QED) is 0.394. The first kappa shape index (κ1) is 18.5. The molecule has 0 saturated carbocycles. The van der Waals surface area contributed by atoms with Crippen LogP contribution < -0.4 is 10.2 Å². The van der Waals surface area contributed by atoms with Gasteiger partial charge in [0.05, 0.1) is 11.8 Å². The molecule has 0 atom stereocenters. The molecule has 1 N–H and O–H groups in total. The fraction of sp³-hybridized carbons (Fsp3) is 0.0500.